The molecule has 0 saturated carbocycles. The van der Waals surface area contributed by atoms with Crippen molar-refractivity contribution in [2.24, 2.45) is 0 Å². The Bertz CT molecular complexity index is 275. The van der Waals surface area contributed by atoms with Gasteiger partial charge in [0.05, 0.1) is 8.47 Å². The van der Waals surface area contributed by atoms with Gasteiger partial charge in [0.15, 0.2) is 10.2 Å². The molecule has 0 aromatic heterocycles. The van der Waals surface area contributed by atoms with Crippen LogP contribution in [0.2, 0.25) is 0 Å². The molecule has 0 aromatic rings. The van der Waals surface area contributed by atoms with Gasteiger partial charge in [-0.2, -0.15) is 0 Å². The van der Waals surface area contributed by atoms with Gasteiger partial charge >= 0.3 is 0 Å². The minimum Gasteiger partial charge on any atom is -0.501 e. The van der Waals surface area contributed by atoms with E-state index in [-0.39, 0.29) is 0 Å². The molecule has 0 spiro atoms. The zero-order valence-electron chi connectivity index (χ0n) is 5.68. The van der Waals surface area contributed by atoms with Crippen LogP contribution >= 0.6 is 47.0 Å². The van der Waals surface area contributed by atoms with Crippen molar-refractivity contribution in [3.8, 4) is 0 Å². The molecule has 12 heavy (non-hydrogen) atoms. The second kappa shape index (κ2) is 3.53. The van der Waals surface area contributed by atoms with E-state index in [1.54, 1.807) is 10.8 Å². The summed E-state index contributed by atoms with van der Waals surface area (Å²) in [5.41, 5.74) is 0. The van der Waals surface area contributed by atoms with Crippen LogP contribution in [-0.2, 0) is 0 Å². The summed E-state index contributed by atoms with van der Waals surface area (Å²) < 4.78 is 2.09. The average molecular weight is 236 g/mol. The van der Waals surface area contributed by atoms with Crippen LogP contribution in [-0.4, -0.2) is 10.2 Å². The maximum absolute atomic E-state index is 9.10. The maximum Gasteiger partial charge on any atom is 0.162 e. The molecule has 0 bridgehead atoms. The van der Waals surface area contributed by atoms with Gasteiger partial charge in [-0.1, -0.05) is 23.5 Å². The second-order valence-corrected chi connectivity index (χ2v) is 6.26. The van der Waals surface area contributed by atoms with Crippen molar-refractivity contribution in [3.05, 3.63) is 29.5 Å². The Balaban J connectivity index is 2.11. The van der Waals surface area contributed by atoms with E-state index in [2.05, 4.69) is 0 Å². The zero-order chi connectivity index (χ0) is 8.55. The molecule has 64 valence electrons. The van der Waals surface area contributed by atoms with Crippen molar-refractivity contribution in [2.45, 2.75) is 0 Å². The van der Waals surface area contributed by atoms with E-state index in [4.69, 9.17) is 10.2 Å². The minimum atomic E-state index is 0.329. The van der Waals surface area contributed by atoms with Gasteiger partial charge in [0, 0.05) is 10.8 Å². The van der Waals surface area contributed by atoms with E-state index in [1.165, 1.54) is 47.0 Å². The molecule has 0 aromatic carbocycles. The van der Waals surface area contributed by atoms with E-state index in [0.717, 1.165) is 8.47 Å². The number of hydrogen-bond donors (Lipinski definition) is 2. The van der Waals surface area contributed by atoms with E-state index < -0.39 is 0 Å². The standard InChI is InChI=1S/C6H4O2S4/c7-3-1-9-5(11-3)6-10-2-4(8)12-6/h1-2,7-8H/b6-5-. The fourth-order valence-electron chi connectivity index (χ4n) is 0.674. The first kappa shape index (κ1) is 8.80. The number of aliphatic hydroxyl groups is 2. The molecule has 2 N–H and O–H groups in total. The fraction of sp³-hybridized carbons (Fsp3) is 0. The number of hydrogen-bond acceptors (Lipinski definition) is 6. The predicted octanol–water partition coefficient (Wildman–Crippen LogP) is 3.79. The number of rotatable bonds is 0. The second-order valence-electron chi connectivity index (χ2n) is 1.93. The first-order valence-corrected chi connectivity index (χ1v) is 6.36. The fourth-order valence-corrected chi connectivity index (χ4v) is 4.77. The van der Waals surface area contributed by atoms with Gasteiger partial charge in [0.1, 0.15) is 0 Å². The predicted molar refractivity (Wildman–Crippen MR) is 58.8 cm³/mol. The Morgan fingerprint density at radius 2 is 1.25 bits per heavy atom. The molecule has 2 aliphatic heterocycles. The zero-order valence-corrected chi connectivity index (χ0v) is 8.95. The molecule has 2 aliphatic rings. The summed E-state index contributed by atoms with van der Waals surface area (Å²) in [7, 11) is 0. The van der Waals surface area contributed by atoms with Crippen LogP contribution in [0.5, 0.6) is 0 Å². The topological polar surface area (TPSA) is 40.5 Å². The lowest BCUT2D eigenvalue weighted by Crippen LogP contribution is -1.68. The Morgan fingerprint density at radius 1 is 0.833 bits per heavy atom. The van der Waals surface area contributed by atoms with Gasteiger partial charge in [-0.05, 0) is 23.5 Å². The molecule has 0 amide bonds. The molecule has 0 unspecified atom stereocenters. The largest absolute Gasteiger partial charge is 0.501 e. The molecule has 0 atom stereocenters. The summed E-state index contributed by atoms with van der Waals surface area (Å²) >= 11 is 5.66. The third-order valence-electron chi connectivity index (χ3n) is 1.09. The molecular weight excluding hydrogens is 232 g/mol. The molecule has 0 saturated heterocycles. The third-order valence-corrected chi connectivity index (χ3v) is 5.94. The average Bonchev–Trinajstić information content (AvgIpc) is 2.58. The highest BCUT2D eigenvalue weighted by Gasteiger charge is 2.20. The van der Waals surface area contributed by atoms with Crippen LogP contribution in [0, 0.1) is 0 Å². The molecule has 6 heteroatoms. The van der Waals surface area contributed by atoms with Gasteiger partial charge in [0.25, 0.3) is 0 Å². The van der Waals surface area contributed by atoms with Crippen molar-refractivity contribution >= 4 is 47.0 Å². The number of aliphatic hydroxyl groups excluding tert-OH is 2. The van der Waals surface area contributed by atoms with Crippen molar-refractivity contribution < 1.29 is 10.2 Å². The lowest BCUT2D eigenvalue weighted by molar-refractivity contribution is 0.458. The van der Waals surface area contributed by atoms with Crippen molar-refractivity contribution in [3.63, 3.8) is 0 Å². The Hall–Kier alpha value is 0.220. The molecule has 0 fully saturated rings. The van der Waals surface area contributed by atoms with Gasteiger partial charge in [-0.3, -0.25) is 0 Å². The van der Waals surface area contributed by atoms with Crippen LogP contribution in [0.3, 0.4) is 0 Å². The van der Waals surface area contributed by atoms with Gasteiger partial charge in [-0.15, -0.1) is 0 Å². The maximum atomic E-state index is 9.10. The molecule has 0 radical (unpaired) electrons. The van der Waals surface area contributed by atoms with E-state index >= 15 is 0 Å². The van der Waals surface area contributed by atoms with Crippen LogP contribution in [0.4, 0.5) is 0 Å². The summed E-state index contributed by atoms with van der Waals surface area (Å²) in [6.07, 6.45) is 0. The number of thioether (sulfide) groups is 4. The van der Waals surface area contributed by atoms with E-state index in [9.17, 15) is 0 Å². The molecular formula is C6H4O2S4. The molecule has 2 nitrogen and oxygen atoms in total. The summed E-state index contributed by atoms with van der Waals surface area (Å²) in [6.45, 7) is 0. The summed E-state index contributed by atoms with van der Waals surface area (Å²) in [5.74, 6) is 0. The first-order valence-electron chi connectivity index (χ1n) is 2.97. The minimum absolute atomic E-state index is 0.329. The highest BCUT2D eigenvalue weighted by molar-refractivity contribution is 8.33. The Kier molecular flexibility index (Phi) is 2.59. The Labute approximate surface area is 86.6 Å². The Morgan fingerprint density at radius 3 is 1.50 bits per heavy atom. The smallest absolute Gasteiger partial charge is 0.162 e. The molecule has 2 rings (SSSR count). The summed E-state index contributed by atoms with van der Waals surface area (Å²) in [6, 6.07) is 0. The van der Waals surface area contributed by atoms with Crippen LogP contribution in [0.1, 0.15) is 0 Å². The van der Waals surface area contributed by atoms with Crippen LogP contribution in [0.15, 0.2) is 29.5 Å². The monoisotopic (exact) mass is 236 g/mol. The normalized spacial score (nSPS) is 29.0. The lowest BCUT2D eigenvalue weighted by atomic mass is 11.1. The molecule has 0 aliphatic carbocycles. The summed E-state index contributed by atoms with van der Waals surface area (Å²) in [4.78, 5) is 0. The van der Waals surface area contributed by atoms with Crippen LogP contribution < -0.4 is 0 Å². The van der Waals surface area contributed by atoms with Gasteiger partial charge in [-0.25, -0.2) is 0 Å². The lowest BCUT2D eigenvalue weighted by Gasteiger charge is -1.98. The highest BCUT2D eigenvalue weighted by Crippen LogP contribution is 2.53. The summed E-state index contributed by atoms with van der Waals surface area (Å²) in [5, 5.41) is 22.2. The van der Waals surface area contributed by atoms with E-state index in [0.29, 0.717) is 10.2 Å². The van der Waals surface area contributed by atoms with Gasteiger partial charge in [0.2, 0.25) is 0 Å². The highest BCUT2D eigenvalue weighted by atomic mass is 32.2. The SMILES string of the molecule is OC1=CS/C(=C2\SC=C(O)S2)S1. The third kappa shape index (κ3) is 1.76. The van der Waals surface area contributed by atoms with Crippen molar-refractivity contribution in [1.29, 1.82) is 0 Å². The van der Waals surface area contributed by atoms with Crippen LogP contribution in [0.25, 0.3) is 0 Å². The van der Waals surface area contributed by atoms with E-state index in [1.807, 2.05) is 0 Å². The van der Waals surface area contributed by atoms with Crippen molar-refractivity contribution in [1.82, 2.24) is 0 Å². The molecule has 2 heterocycles. The first-order chi connectivity index (χ1) is 5.75. The van der Waals surface area contributed by atoms with Gasteiger partial charge < -0.3 is 10.2 Å². The quantitative estimate of drug-likeness (QED) is 0.667. The van der Waals surface area contributed by atoms with Crippen molar-refractivity contribution in [2.75, 3.05) is 0 Å².